The average molecular weight is 555 g/mol. The van der Waals surface area contributed by atoms with Crippen LogP contribution in [0.25, 0.3) is 0 Å². The highest BCUT2D eigenvalue weighted by atomic mass is 127. The fraction of sp³-hybridized carbons (Fsp3) is 0.560. The number of aliphatic imine (C=N–C) groups is 1. The maximum Gasteiger partial charge on any atom is 0.191 e. The Morgan fingerprint density at radius 3 is 2.59 bits per heavy atom. The Morgan fingerprint density at radius 2 is 1.88 bits per heavy atom. The molecule has 6 nitrogen and oxygen atoms in total. The van der Waals surface area contributed by atoms with Crippen LogP contribution in [-0.2, 0) is 17.7 Å². The summed E-state index contributed by atoms with van der Waals surface area (Å²) in [5, 5.41) is 6.82. The molecular weight excluding hydrogens is 515 g/mol. The van der Waals surface area contributed by atoms with Crippen LogP contribution in [0.2, 0.25) is 0 Å². The lowest BCUT2D eigenvalue weighted by Crippen LogP contribution is -2.39. The summed E-state index contributed by atoms with van der Waals surface area (Å²) < 4.78 is 11.5. The Hall–Kier alpha value is -1.58. The molecule has 0 radical (unpaired) electrons. The minimum absolute atomic E-state index is 0. The molecule has 2 heterocycles. The molecule has 0 unspecified atom stereocenters. The first-order valence-electron chi connectivity index (χ1n) is 11.8. The van der Waals surface area contributed by atoms with Crippen molar-refractivity contribution in [1.29, 1.82) is 0 Å². The van der Waals surface area contributed by atoms with E-state index < -0.39 is 0 Å². The largest absolute Gasteiger partial charge is 0.469 e. The third-order valence-electron chi connectivity index (χ3n) is 5.49. The summed E-state index contributed by atoms with van der Waals surface area (Å²) in [6.07, 6.45) is 7.23. The van der Waals surface area contributed by atoms with Crippen molar-refractivity contribution >= 4 is 29.9 Å². The number of hydrogen-bond acceptors (Lipinski definition) is 4. The molecule has 0 amide bonds. The molecule has 1 fully saturated rings. The summed E-state index contributed by atoms with van der Waals surface area (Å²) in [5.41, 5.74) is 1.39. The zero-order chi connectivity index (χ0) is 21.6. The molecule has 0 saturated carbocycles. The topological polar surface area (TPSA) is 62.0 Å². The lowest BCUT2D eigenvalue weighted by atomic mass is 10.1. The van der Waals surface area contributed by atoms with Crippen LogP contribution < -0.4 is 10.6 Å². The number of nitrogens with one attached hydrogen (secondary N) is 2. The number of nitrogens with zero attached hydrogens (tertiary/aromatic N) is 2. The molecule has 2 aromatic rings. The summed E-state index contributed by atoms with van der Waals surface area (Å²) in [4.78, 5) is 7.14. The minimum Gasteiger partial charge on any atom is -0.469 e. The molecule has 7 heteroatoms. The number of furan rings is 1. The number of ether oxygens (including phenoxy) is 1. The second-order valence-electron chi connectivity index (χ2n) is 8.10. The summed E-state index contributed by atoms with van der Waals surface area (Å²) >= 11 is 0. The van der Waals surface area contributed by atoms with Crippen LogP contribution in [0.4, 0.5) is 0 Å². The highest BCUT2D eigenvalue weighted by Gasteiger charge is 2.19. The van der Waals surface area contributed by atoms with Gasteiger partial charge in [0.15, 0.2) is 5.96 Å². The number of benzene rings is 1. The van der Waals surface area contributed by atoms with E-state index in [2.05, 4.69) is 57.8 Å². The fourth-order valence-electron chi connectivity index (χ4n) is 3.76. The molecule has 0 aliphatic carbocycles. The van der Waals surface area contributed by atoms with E-state index in [1.807, 2.05) is 12.1 Å². The van der Waals surface area contributed by atoms with Crippen LogP contribution in [0, 0.1) is 0 Å². The standard InChI is InChI=1S/C25H38N4O2.HI/c1-2-14-26-25(28-16-11-23-10-6-19-30-23)27-15-7-20-31-24-12-17-29(18-13-24)21-22-8-4-3-5-9-22;/h3-6,8-10,19,24H,2,7,11-18,20-21H2,1H3,(H2,26,27,28);1H. The molecule has 0 bridgehead atoms. The van der Waals surface area contributed by atoms with Gasteiger partial charge < -0.3 is 19.8 Å². The van der Waals surface area contributed by atoms with Gasteiger partial charge in [-0.1, -0.05) is 37.3 Å². The van der Waals surface area contributed by atoms with Gasteiger partial charge in [-0.05, 0) is 43.4 Å². The lowest BCUT2D eigenvalue weighted by molar-refractivity contribution is 0.00534. The van der Waals surface area contributed by atoms with Crippen LogP contribution in [0.5, 0.6) is 0 Å². The summed E-state index contributed by atoms with van der Waals surface area (Å²) in [6.45, 7) is 8.71. The van der Waals surface area contributed by atoms with Gasteiger partial charge in [0.1, 0.15) is 5.76 Å². The van der Waals surface area contributed by atoms with Gasteiger partial charge in [-0.15, -0.1) is 24.0 Å². The molecular formula is C25H39IN4O2. The van der Waals surface area contributed by atoms with Crippen molar-refractivity contribution in [3.05, 3.63) is 60.1 Å². The number of likely N-dealkylation sites (tertiary alicyclic amines) is 1. The van der Waals surface area contributed by atoms with Gasteiger partial charge in [0, 0.05) is 52.3 Å². The predicted octanol–water partition coefficient (Wildman–Crippen LogP) is 4.46. The van der Waals surface area contributed by atoms with Gasteiger partial charge in [0.2, 0.25) is 0 Å². The highest BCUT2D eigenvalue weighted by Crippen LogP contribution is 2.16. The summed E-state index contributed by atoms with van der Waals surface area (Å²) in [5.74, 6) is 1.87. The first-order chi connectivity index (χ1) is 15.3. The van der Waals surface area contributed by atoms with Crippen molar-refractivity contribution in [3.63, 3.8) is 0 Å². The van der Waals surface area contributed by atoms with Gasteiger partial charge in [-0.3, -0.25) is 9.89 Å². The predicted molar refractivity (Wildman–Crippen MR) is 142 cm³/mol. The first-order valence-corrected chi connectivity index (χ1v) is 11.8. The molecule has 1 aliphatic heterocycles. The molecule has 1 aromatic heterocycles. The van der Waals surface area contributed by atoms with Crippen molar-refractivity contribution in [2.24, 2.45) is 4.99 Å². The molecule has 0 spiro atoms. The molecule has 3 rings (SSSR count). The Kier molecular flexibility index (Phi) is 13.4. The SMILES string of the molecule is CCCN=C(NCCCOC1CCN(Cc2ccccc2)CC1)NCCc1ccco1.I. The van der Waals surface area contributed by atoms with Crippen molar-refractivity contribution in [3.8, 4) is 0 Å². The number of hydrogen-bond donors (Lipinski definition) is 2. The third kappa shape index (κ3) is 10.4. The van der Waals surface area contributed by atoms with E-state index in [1.165, 1.54) is 5.56 Å². The van der Waals surface area contributed by atoms with E-state index in [0.717, 1.165) is 89.7 Å². The molecule has 0 atom stereocenters. The van der Waals surface area contributed by atoms with E-state index in [9.17, 15) is 0 Å². The Morgan fingerprint density at radius 1 is 1.09 bits per heavy atom. The van der Waals surface area contributed by atoms with E-state index in [4.69, 9.17) is 9.15 Å². The highest BCUT2D eigenvalue weighted by molar-refractivity contribution is 14.0. The van der Waals surface area contributed by atoms with Gasteiger partial charge >= 0.3 is 0 Å². The second kappa shape index (κ2) is 16.1. The van der Waals surface area contributed by atoms with Crippen LogP contribution in [0.1, 0.15) is 43.9 Å². The van der Waals surface area contributed by atoms with Crippen LogP contribution >= 0.6 is 24.0 Å². The quantitative estimate of drug-likeness (QED) is 0.176. The van der Waals surface area contributed by atoms with Crippen molar-refractivity contribution in [2.75, 3.05) is 39.3 Å². The Balaban J connectivity index is 0.00000363. The van der Waals surface area contributed by atoms with Crippen LogP contribution in [0.15, 0.2) is 58.1 Å². The number of halogens is 1. The van der Waals surface area contributed by atoms with Gasteiger partial charge in [0.25, 0.3) is 0 Å². The van der Waals surface area contributed by atoms with E-state index in [0.29, 0.717) is 6.10 Å². The normalized spacial score (nSPS) is 15.3. The molecule has 2 N–H and O–H groups in total. The number of guanidine groups is 1. The molecule has 178 valence electrons. The Bertz CT molecular complexity index is 732. The van der Waals surface area contributed by atoms with Crippen molar-refractivity contribution < 1.29 is 9.15 Å². The van der Waals surface area contributed by atoms with Gasteiger partial charge in [-0.25, -0.2) is 0 Å². The van der Waals surface area contributed by atoms with Crippen LogP contribution in [0.3, 0.4) is 0 Å². The first kappa shape index (κ1) is 26.7. The number of rotatable bonds is 12. The van der Waals surface area contributed by atoms with Crippen molar-refractivity contribution in [1.82, 2.24) is 15.5 Å². The molecule has 1 saturated heterocycles. The van der Waals surface area contributed by atoms with E-state index in [-0.39, 0.29) is 24.0 Å². The summed E-state index contributed by atoms with van der Waals surface area (Å²) in [7, 11) is 0. The molecule has 1 aliphatic rings. The van der Waals surface area contributed by atoms with E-state index >= 15 is 0 Å². The van der Waals surface area contributed by atoms with E-state index in [1.54, 1.807) is 6.26 Å². The average Bonchev–Trinajstić information content (AvgIpc) is 3.32. The zero-order valence-electron chi connectivity index (χ0n) is 19.3. The lowest BCUT2D eigenvalue weighted by Gasteiger charge is -2.32. The van der Waals surface area contributed by atoms with Crippen molar-refractivity contribution in [2.45, 2.75) is 51.7 Å². The third-order valence-corrected chi connectivity index (χ3v) is 5.49. The molecule has 32 heavy (non-hydrogen) atoms. The summed E-state index contributed by atoms with van der Waals surface area (Å²) in [6, 6.07) is 14.7. The second-order valence-corrected chi connectivity index (χ2v) is 8.10. The fourth-order valence-corrected chi connectivity index (χ4v) is 3.76. The maximum atomic E-state index is 6.14. The Labute approximate surface area is 210 Å². The number of piperidine rings is 1. The minimum atomic E-state index is 0. The maximum absolute atomic E-state index is 6.14. The van der Waals surface area contributed by atoms with Crippen LogP contribution in [-0.4, -0.2) is 56.3 Å². The van der Waals surface area contributed by atoms with Gasteiger partial charge in [0.05, 0.1) is 12.4 Å². The zero-order valence-corrected chi connectivity index (χ0v) is 21.6. The molecule has 1 aromatic carbocycles. The smallest absolute Gasteiger partial charge is 0.191 e. The van der Waals surface area contributed by atoms with Gasteiger partial charge in [-0.2, -0.15) is 0 Å². The monoisotopic (exact) mass is 554 g/mol.